The van der Waals surface area contributed by atoms with Crippen LogP contribution in [0.5, 0.6) is 0 Å². The maximum Gasteiger partial charge on any atom is 0.317 e. The number of aromatic nitrogens is 2. The number of hydrogen-bond donors (Lipinski definition) is 3. The van der Waals surface area contributed by atoms with Crippen LogP contribution in [-0.2, 0) is 6.54 Å². The van der Waals surface area contributed by atoms with Crippen molar-refractivity contribution in [1.82, 2.24) is 20.2 Å². The molecule has 1 aromatic heterocycles. The number of fused-ring (bicyclic) bond motifs is 1. The molecule has 0 spiro atoms. The number of urea groups is 1. The quantitative estimate of drug-likeness (QED) is 0.766. The summed E-state index contributed by atoms with van der Waals surface area (Å²) in [4.78, 5) is 20.6. The van der Waals surface area contributed by atoms with Crippen LogP contribution in [0, 0.1) is 5.82 Å². The number of carbonyl (C=O) groups is 1. The summed E-state index contributed by atoms with van der Waals surface area (Å²) < 4.78 is 13.1. The molecule has 2 aromatic rings. The second-order valence-electron chi connectivity index (χ2n) is 4.89. The Kier molecular flexibility index (Phi) is 3.27. The number of aliphatic hydroxyl groups excluding tert-OH is 1. The number of imidazole rings is 1. The van der Waals surface area contributed by atoms with E-state index in [1.165, 1.54) is 12.1 Å². The Bertz CT molecular complexity index is 642. The molecule has 20 heavy (non-hydrogen) atoms. The number of nitrogens with zero attached hydrogens (tertiary/aromatic N) is 2. The zero-order valence-electron chi connectivity index (χ0n) is 10.8. The van der Waals surface area contributed by atoms with Crippen LogP contribution < -0.4 is 5.32 Å². The van der Waals surface area contributed by atoms with Gasteiger partial charge in [0, 0.05) is 13.1 Å². The van der Waals surface area contributed by atoms with Crippen molar-refractivity contribution < 1.29 is 14.3 Å². The zero-order chi connectivity index (χ0) is 14.1. The maximum absolute atomic E-state index is 13.1. The first-order chi connectivity index (χ1) is 9.61. The molecule has 1 aliphatic rings. The standard InChI is InChI=1S/C13H15FN4O2/c14-8-1-2-10-11(5-8)17-12(16-10)6-15-13(20)18-4-3-9(19)7-18/h1-2,5,9,19H,3-4,6-7H2,(H,15,20)(H,16,17)/t9-/m1/s1. The summed E-state index contributed by atoms with van der Waals surface area (Å²) in [6.45, 7) is 1.15. The lowest BCUT2D eigenvalue weighted by Gasteiger charge is -2.15. The van der Waals surface area contributed by atoms with E-state index in [0.717, 1.165) is 0 Å². The SMILES string of the molecule is O=C(NCc1nc2ccc(F)cc2[nH]1)N1CC[C@@H](O)C1. The van der Waals surface area contributed by atoms with Gasteiger partial charge in [0.15, 0.2) is 0 Å². The number of carbonyl (C=O) groups excluding carboxylic acids is 1. The molecule has 0 saturated carbocycles. The molecule has 1 atom stereocenters. The number of hydrogen-bond acceptors (Lipinski definition) is 3. The fourth-order valence-electron chi connectivity index (χ4n) is 2.32. The summed E-state index contributed by atoms with van der Waals surface area (Å²) in [5, 5.41) is 12.1. The number of amides is 2. The van der Waals surface area contributed by atoms with Crippen molar-refractivity contribution in [3.8, 4) is 0 Å². The number of aliphatic hydroxyl groups is 1. The second kappa shape index (κ2) is 5.09. The van der Waals surface area contributed by atoms with E-state index in [0.29, 0.717) is 36.4 Å². The summed E-state index contributed by atoms with van der Waals surface area (Å²) in [6.07, 6.45) is 0.173. The van der Waals surface area contributed by atoms with Gasteiger partial charge >= 0.3 is 6.03 Å². The van der Waals surface area contributed by atoms with Gasteiger partial charge in [-0.05, 0) is 24.6 Å². The third kappa shape index (κ3) is 2.57. The number of likely N-dealkylation sites (tertiary alicyclic amines) is 1. The zero-order valence-corrected chi connectivity index (χ0v) is 10.8. The van der Waals surface area contributed by atoms with E-state index in [9.17, 15) is 14.3 Å². The third-order valence-electron chi connectivity index (χ3n) is 3.35. The first kappa shape index (κ1) is 12.9. The first-order valence-corrected chi connectivity index (χ1v) is 6.47. The largest absolute Gasteiger partial charge is 0.391 e. The minimum Gasteiger partial charge on any atom is -0.391 e. The van der Waals surface area contributed by atoms with E-state index in [1.54, 1.807) is 11.0 Å². The Balaban J connectivity index is 1.63. The smallest absolute Gasteiger partial charge is 0.317 e. The topological polar surface area (TPSA) is 81.2 Å². The van der Waals surface area contributed by atoms with Crippen LogP contribution in [0.1, 0.15) is 12.2 Å². The van der Waals surface area contributed by atoms with Crippen LogP contribution >= 0.6 is 0 Å². The van der Waals surface area contributed by atoms with Crippen molar-refractivity contribution >= 4 is 17.1 Å². The van der Waals surface area contributed by atoms with Gasteiger partial charge < -0.3 is 20.3 Å². The Morgan fingerprint density at radius 3 is 3.20 bits per heavy atom. The molecule has 0 unspecified atom stereocenters. The van der Waals surface area contributed by atoms with Crippen molar-refractivity contribution in [2.75, 3.05) is 13.1 Å². The highest BCUT2D eigenvalue weighted by Crippen LogP contribution is 2.13. The van der Waals surface area contributed by atoms with Gasteiger partial charge in [0.2, 0.25) is 0 Å². The summed E-state index contributed by atoms with van der Waals surface area (Å²) in [5.41, 5.74) is 1.26. The van der Waals surface area contributed by atoms with Crippen LogP contribution in [0.2, 0.25) is 0 Å². The molecule has 2 amide bonds. The Morgan fingerprint density at radius 2 is 2.45 bits per heavy atom. The van der Waals surface area contributed by atoms with Gasteiger partial charge in [-0.1, -0.05) is 0 Å². The second-order valence-corrected chi connectivity index (χ2v) is 4.89. The molecule has 0 aliphatic carbocycles. The number of benzene rings is 1. The van der Waals surface area contributed by atoms with E-state index in [1.807, 2.05) is 0 Å². The average Bonchev–Trinajstić information content (AvgIpc) is 3.01. The lowest BCUT2D eigenvalue weighted by atomic mass is 10.3. The summed E-state index contributed by atoms with van der Waals surface area (Å²) >= 11 is 0. The highest BCUT2D eigenvalue weighted by molar-refractivity contribution is 5.76. The molecule has 2 heterocycles. The predicted molar refractivity (Wildman–Crippen MR) is 70.5 cm³/mol. The number of nitrogens with one attached hydrogen (secondary N) is 2. The monoisotopic (exact) mass is 278 g/mol. The number of β-amino-alcohol motifs (C(OH)–C–C–N with tert-alkyl or cyclic N) is 1. The highest BCUT2D eigenvalue weighted by atomic mass is 19.1. The van der Waals surface area contributed by atoms with Crippen molar-refractivity contribution in [2.24, 2.45) is 0 Å². The fraction of sp³-hybridized carbons (Fsp3) is 0.385. The molecule has 106 valence electrons. The van der Waals surface area contributed by atoms with Gasteiger partial charge in [-0.3, -0.25) is 0 Å². The summed E-state index contributed by atoms with van der Waals surface area (Å²) in [6, 6.07) is 4.07. The van der Waals surface area contributed by atoms with Crippen LogP contribution in [0.3, 0.4) is 0 Å². The minimum atomic E-state index is -0.435. The van der Waals surface area contributed by atoms with Gasteiger partial charge in [-0.2, -0.15) is 0 Å². The van der Waals surface area contributed by atoms with E-state index in [4.69, 9.17) is 0 Å². The molecule has 1 saturated heterocycles. The Hall–Kier alpha value is -2.15. The number of H-pyrrole nitrogens is 1. The summed E-state index contributed by atoms with van der Waals surface area (Å²) in [5.74, 6) is 0.237. The van der Waals surface area contributed by atoms with Gasteiger partial charge in [-0.15, -0.1) is 0 Å². The third-order valence-corrected chi connectivity index (χ3v) is 3.35. The van der Waals surface area contributed by atoms with Crippen LogP contribution in [0.4, 0.5) is 9.18 Å². The van der Waals surface area contributed by atoms with Gasteiger partial charge in [0.25, 0.3) is 0 Å². The highest BCUT2D eigenvalue weighted by Gasteiger charge is 2.24. The van der Waals surface area contributed by atoms with E-state index in [2.05, 4.69) is 15.3 Å². The number of rotatable bonds is 2. The molecular weight excluding hydrogens is 263 g/mol. The van der Waals surface area contributed by atoms with Crippen LogP contribution in [0.25, 0.3) is 11.0 Å². The van der Waals surface area contributed by atoms with Crippen LogP contribution in [-0.4, -0.2) is 45.2 Å². The lowest BCUT2D eigenvalue weighted by molar-refractivity contribution is 0.171. The van der Waals surface area contributed by atoms with Crippen LogP contribution in [0.15, 0.2) is 18.2 Å². The Labute approximate surface area is 114 Å². The minimum absolute atomic E-state index is 0.229. The number of halogens is 1. The molecule has 1 fully saturated rings. The van der Waals surface area contributed by atoms with Crippen molar-refractivity contribution in [3.05, 3.63) is 29.8 Å². The molecule has 0 bridgehead atoms. The molecule has 6 nitrogen and oxygen atoms in total. The fourth-order valence-corrected chi connectivity index (χ4v) is 2.32. The van der Waals surface area contributed by atoms with E-state index >= 15 is 0 Å². The average molecular weight is 278 g/mol. The van der Waals surface area contributed by atoms with Gasteiger partial charge in [0.05, 0.1) is 23.7 Å². The normalized spacial score (nSPS) is 18.7. The van der Waals surface area contributed by atoms with Gasteiger partial charge in [0.1, 0.15) is 11.6 Å². The summed E-state index contributed by atoms with van der Waals surface area (Å²) in [7, 11) is 0. The lowest BCUT2D eigenvalue weighted by Crippen LogP contribution is -2.38. The first-order valence-electron chi connectivity index (χ1n) is 6.47. The maximum atomic E-state index is 13.1. The Morgan fingerprint density at radius 1 is 1.60 bits per heavy atom. The molecule has 7 heteroatoms. The van der Waals surface area contributed by atoms with Crippen molar-refractivity contribution in [2.45, 2.75) is 19.1 Å². The van der Waals surface area contributed by atoms with E-state index < -0.39 is 6.10 Å². The predicted octanol–water partition coefficient (Wildman–Crippen LogP) is 0.978. The number of aromatic amines is 1. The molecule has 1 aromatic carbocycles. The molecule has 3 rings (SSSR count). The molecule has 1 aliphatic heterocycles. The van der Waals surface area contributed by atoms with Gasteiger partial charge in [-0.25, -0.2) is 14.2 Å². The van der Waals surface area contributed by atoms with E-state index in [-0.39, 0.29) is 18.4 Å². The molecule has 0 radical (unpaired) electrons. The molecule has 3 N–H and O–H groups in total. The van der Waals surface area contributed by atoms with Crippen molar-refractivity contribution in [1.29, 1.82) is 0 Å². The van der Waals surface area contributed by atoms with Crippen molar-refractivity contribution in [3.63, 3.8) is 0 Å². The molecular formula is C13H15FN4O2.